The molecule has 0 atom stereocenters. The maximum Gasteiger partial charge on any atom is 0.272 e. The summed E-state index contributed by atoms with van der Waals surface area (Å²) in [4.78, 5) is 23.3. The Balaban J connectivity index is 1.53. The number of imidazole rings is 1. The van der Waals surface area contributed by atoms with Gasteiger partial charge in [-0.15, -0.1) is 0 Å². The van der Waals surface area contributed by atoms with Crippen molar-refractivity contribution in [2.75, 3.05) is 13.7 Å². The Morgan fingerprint density at radius 3 is 2.70 bits per heavy atom. The number of amides is 1. The van der Waals surface area contributed by atoms with Gasteiger partial charge in [0.2, 0.25) is 0 Å². The molecule has 1 amide bonds. The lowest BCUT2D eigenvalue weighted by atomic mass is 10.2. The second-order valence-corrected chi connectivity index (χ2v) is 7.21. The highest BCUT2D eigenvalue weighted by Gasteiger charge is 2.17. The van der Waals surface area contributed by atoms with Gasteiger partial charge in [-0.25, -0.2) is 4.98 Å². The predicted octanol–water partition coefficient (Wildman–Crippen LogP) is 4.09. The Hall–Kier alpha value is -3.67. The van der Waals surface area contributed by atoms with Gasteiger partial charge in [0, 0.05) is 13.2 Å². The predicted molar refractivity (Wildman–Crippen MR) is 116 cm³/mol. The SMILES string of the molecule is Cc1cccc(OCCn2c(CN(C)C(=O)c3ccccn3)nc3ccccc32)c1. The van der Waals surface area contributed by atoms with Crippen molar-refractivity contribution in [2.24, 2.45) is 0 Å². The van der Waals surface area contributed by atoms with E-state index in [1.807, 2.05) is 61.5 Å². The van der Waals surface area contributed by atoms with Crippen LogP contribution in [0.1, 0.15) is 21.9 Å². The fourth-order valence-electron chi connectivity index (χ4n) is 3.42. The quantitative estimate of drug-likeness (QED) is 0.469. The molecule has 2 heterocycles. The monoisotopic (exact) mass is 400 g/mol. The standard InChI is InChI=1S/C24H24N4O2/c1-18-8-7-9-19(16-18)30-15-14-28-22-12-4-3-10-20(22)26-23(28)17-27(2)24(29)21-11-5-6-13-25-21/h3-13,16H,14-15,17H2,1-2H3. The lowest BCUT2D eigenvalue weighted by molar-refractivity contribution is 0.0774. The molecule has 0 radical (unpaired) electrons. The van der Waals surface area contributed by atoms with Crippen molar-refractivity contribution in [3.8, 4) is 5.75 Å². The summed E-state index contributed by atoms with van der Waals surface area (Å²) in [6.07, 6.45) is 1.62. The van der Waals surface area contributed by atoms with Crippen LogP contribution in [0.3, 0.4) is 0 Å². The Bertz CT molecular complexity index is 1150. The number of carbonyl (C=O) groups excluding carboxylic acids is 1. The van der Waals surface area contributed by atoms with Crippen molar-refractivity contribution in [1.29, 1.82) is 0 Å². The van der Waals surface area contributed by atoms with E-state index in [1.165, 1.54) is 0 Å². The fraction of sp³-hybridized carbons (Fsp3) is 0.208. The second-order valence-electron chi connectivity index (χ2n) is 7.21. The second kappa shape index (κ2) is 8.78. The third kappa shape index (κ3) is 4.33. The molecule has 0 bridgehead atoms. The van der Waals surface area contributed by atoms with Crippen molar-refractivity contribution in [3.05, 3.63) is 90.0 Å². The van der Waals surface area contributed by atoms with Crippen LogP contribution in [0, 0.1) is 6.92 Å². The summed E-state index contributed by atoms with van der Waals surface area (Å²) in [5, 5.41) is 0. The van der Waals surface area contributed by atoms with Crippen molar-refractivity contribution in [2.45, 2.75) is 20.0 Å². The number of rotatable bonds is 7. The van der Waals surface area contributed by atoms with Gasteiger partial charge in [-0.3, -0.25) is 9.78 Å². The molecule has 2 aromatic carbocycles. The maximum absolute atomic E-state index is 12.7. The fourth-order valence-corrected chi connectivity index (χ4v) is 3.42. The summed E-state index contributed by atoms with van der Waals surface area (Å²) in [5.41, 5.74) is 3.52. The van der Waals surface area contributed by atoms with Crippen LogP contribution in [-0.2, 0) is 13.1 Å². The molecule has 0 fully saturated rings. The van der Waals surface area contributed by atoms with Crippen LogP contribution in [0.4, 0.5) is 0 Å². The van der Waals surface area contributed by atoms with E-state index in [0.29, 0.717) is 25.4 Å². The summed E-state index contributed by atoms with van der Waals surface area (Å²) in [6.45, 7) is 3.57. The summed E-state index contributed by atoms with van der Waals surface area (Å²) in [7, 11) is 1.77. The highest BCUT2D eigenvalue weighted by Crippen LogP contribution is 2.18. The number of aromatic nitrogens is 3. The van der Waals surface area contributed by atoms with Gasteiger partial charge >= 0.3 is 0 Å². The first-order valence-corrected chi connectivity index (χ1v) is 9.92. The molecule has 6 heteroatoms. The van der Waals surface area contributed by atoms with Gasteiger partial charge in [0.1, 0.15) is 23.9 Å². The molecule has 0 unspecified atom stereocenters. The average molecular weight is 400 g/mol. The molecule has 2 aromatic heterocycles. The van der Waals surface area contributed by atoms with Crippen LogP contribution in [0.15, 0.2) is 72.9 Å². The van der Waals surface area contributed by atoms with Crippen LogP contribution >= 0.6 is 0 Å². The van der Waals surface area contributed by atoms with E-state index in [0.717, 1.165) is 28.2 Å². The normalized spacial score (nSPS) is 10.9. The summed E-state index contributed by atoms with van der Waals surface area (Å²) < 4.78 is 8.07. The number of fused-ring (bicyclic) bond motifs is 1. The van der Waals surface area contributed by atoms with Crippen LogP contribution in [0.5, 0.6) is 5.75 Å². The molecule has 4 aromatic rings. The topological polar surface area (TPSA) is 60.2 Å². The average Bonchev–Trinajstić information content (AvgIpc) is 3.11. The maximum atomic E-state index is 12.7. The van der Waals surface area contributed by atoms with E-state index < -0.39 is 0 Å². The van der Waals surface area contributed by atoms with E-state index in [1.54, 1.807) is 30.3 Å². The zero-order valence-electron chi connectivity index (χ0n) is 17.2. The number of carbonyl (C=O) groups is 1. The van der Waals surface area contributed by atoms with Crippen molar-refractivity contribution < 1.29 is 9.53 Å². The molecule has 6 nitrogen and oxygen atoms in total. The zero-order chi connectivity index (χ0) is 20.9. The van der Waals surface area contributed by atoms with Gasteiger partial charge in [-0.2, -0.15) is 0 Å². The minimum absolute atomic E-state index is 0.134. The highest BCUT2D eigenvalue weighted by molar-refractivity contribution is 5.92. The smallest absolute Gasteiger partial charge is 0.272 e. The van der Waals surface area contributed by atoms with Crippen LogP contribution in [0.25, 0.3) is 11.0 Å². The molecule has 0 saturated heterocycles. The Morgan fingerprint density at radius 1 is 1.07 bits per heavy atom. The summed E-state index contributed by atoms with van der Waals surface area (Å²) >= 11 is 0. The van der Waals surface area contributed by atoms with Gasteiger partial charge < -0.3 is 14.2 Å². The summed E-state index contributed by atoms with van der Waals surface area (Å²) in [5.74, 6) is 1.53. The molecule has 0 N–H and O–H groups in total. The highest BCUT2D eigenvalue weighted by atomic mass is 16.5. The molecule has 0 spiro atoms. The molecule has 30 heavy (non-hydrogen) atoms. The number of nitrogens with zero attached hydrogens (tertiary/aromatic N) is 4. The van der Waals surface area contributed by atoms with E-state index in [-0.39, 0.29) is 5.91 Å². The van der Waals surface area contributed by atoms with Gasteiger partial charge in [-0.1, -0.05) is 30.3 Å². The number of hydrogen-bond acceptors (Lipinski definition) is 4. The minimum atomic E-state index is -0.134. The largest absolute Gasteiger partial charge is 0.492 e. The van der Waals surface area contributed by atoms with E-state index in [9.17, 15) is 4.79 Å². The van der Waals surface area contributed by atoms with Gasteiger partial charge in [0.25, 0.3) is 5.91 Å². The number of pyridine rings is 1. The van der Waals surface area contributed by atoms with E-state index in [2.05, 4.69) is 9.55 Å². The Morgan fingerprint density at radius 2 is 1.90 bits per heavy atom. The molecule has 0 aliphatic rings. The van der Waals surface area contributed by atoms with Crippen LogP contribution in [-0.4, -0.2) is 39.0 Å². The van der Waals surface area contributed by atoms with Crippen molar-refractivity contribution in [1.82, 2.24) is 19.4 Å². The molecule has 0 aliphatic carbocycles. The van der Waals surface area contributed by atoms with Crippen LogP contribution < -0.4 is 4.74 Å². The van der Waals surface area contributed by atoms with Crippen molar-refractivity contribution >= 4 is 16.9 Å². The van der Waals surface area contributed by atoms with E-state index >= 15 is 0 Å². The zero-order valence-corrected chi connectivity index (χ0v) is 17.2. The number of benzene rings is 2. The van der Waals surface area contributed by atoms with Crippen LogP contribution in [0.2, 0.25) is 0 Å². The van der Waals surface area contributed by atoms with Gasteiger partial charge in [0.15, 0.2) is 0 Å². The number of ether oxygens (including phenoxy) is 1. The molecular weight excluding hydrogens is 376 g/mol. The Kier molecular flexibility index (Phi) is 5.75. The lowest BCUT2D eigenvalue weighted by Gasteiger charge is -2.18. The van der Waals surface area contributed by atoms with Crippen molar-refractivity contribution in [3.63, 3.8) is 0 Å². The third-order valence-corrected chi connectivity index (χ3v) is 4.92. The molecule has 0 saturated carbocycles. The Labute approximate surface area is 175 Å². The first kappa shape index (κ1) is 19.6. The third-order valence-electron chi connectivity index (χ3n) is 4.92. The molecule has 152 valence electrons. The van der Waals surface area contributed by atoms with E-state index in [4.69, 9.17) is 9.72 Å². The first-order valence-electron chi connectivity index (χ1n) is 9.92. The molecule has 4 rings (SSSR count). The lowest BCUT2D eigenvalue weighted by Crippen LogP contribution is -2.28. The first-order chi connectivity index (χ1) is 14.6. The summed E-state index contributed by atoms with van der Waals surface area (Å²) in [6, 6.07) is 21.3. The molecular formula is C24H24N4O2. The number of hydrogen-bond donors (Lipinski definition) is 0. The minimum Gasteiger partial charge on any atom is -0.492 e. The number of para-hydroxylation sites is 2. The molecule has 0 aliphatic heterocycles. The van der Waals surface area contributed by atoms with Gasteiger partial charge in [0.05, 0.1) is 24.1 Å². The number of aryl methyl sites for hydroxylation is 1. The van der Waals surface area contributed by atoms with Gasteiger partial charge in [-0.05, 0) is 48.9 Å².